The Kier molecular flexibility index (Phi) is 5.72. The van der Waals surface area contributed by atoms with E-state index in [0.717, 1.165) is 29.7 Å². The van der Waals surface area contributed by atoms with Gasteiger partial charge in [-0.2, -0.15) is 0 Å². The molecule has 0 radical (unpaired) electrons. The molecule has 0 bridgehead atoms. The van der Waals surface area contributed by atoms with E-state index in [4.69, 9.17) is 0 Å². The third-order valence-corrected chi connectivity index (χ3v) is 6.47. The van der Waals surface area contributed by atoms with Crippen LogP contribution in [0.15, 0.2) is 36.5 Å². The molecular weight excluding hydrogens is 336 g/mol. The third-order valence-electron chi connectivity index (χ3n) is 6.47. The minimum atomic E-state index is -0.435. The molecule has 2 aromatic rings. The van der Waals surface area contributed by atoms with Crippen LogP contribution in [-0.4, -0.2) is 40.1 Å². The maximum atomic E-state index is 12.6. The van der Waals surface area contributed by atoms with Crippen molar-refractivity contribution in [2.45, 2.75) is 57.5 Å². The average molecular weight is 367 g/mol. The van der Waals surface area contributed by atoms with Crippen molar-refractivity contribution in [2.75, 3.05) is 13.1 Å². The number of amides is 1. The number of fused-ring (bicyclic) bond motifs is 1. The van der Waals surface area contributed by atoms with Crippen molar-refractivity contribution in [1.82, 2.24) is 9.88 Å². The van der Waals surface area contributed by atoms with Gasteiger partial charge in [0.05, 0.1) is 11.6 Å². The molecule has 2 atom stereocenters. The van der Waals surface area contributed by atoms with Gasteiger partial charge in [-0.15, -0.1) is 0 Å². The molecule has 1 amide bonds. The van der Waals surface area contributed by atoms with E-state index in [1.165, 1.54) is 37.7 Å². The van der Waals surface area contributed by atoms with Crippen molar-refractivity contribution in [2.24, 2.45) is 11.8 Å². The Balaban J connectivity index is 1.35. The largest absolute Gasteiger partial charge is 0.391 e. The van der Waals surface area contributed by atoms with Gasteiger partial charge in [0.15, 0.2) is 0 Å². The Morgan fingerprint density at radius 2 is 1.93 bits per heavy atom. The minimum absolute atomic E-state index is 0.106. The van der Waals surface area contributed by atoms with Crippen molar-refractivity contribution in [3.8, 4) is 0 Å². The summed E-state index contributed by atoms with van der Waals surface area (Å²) in [6, 6.07) is 10.2. The van der Waals surface area contributed by atoms with Crippen molar-refractivity contribution in [3.05, 3.63) is 42.1 Å². The molecule has 1 N–H and O–H groups in total. The monoisotopic (exact) mass is 366 g/mol. The Hall–Kier alpha value is -1.94. The highest BCUT2D eigenvalue weighted by atomic mass is 16.3. The number of carbonyl (C=O) groups is 1. The highest BCUT2D eigenvalue weighted by Crippen LogP contribution is 2.29. The van der Waals surface area contributed by atoms with E-state index in [1.807, 2.05) is 35.4 Å². The van der Waals surface area contributed by atoms with Crippen LogP contribution in [0.2, 0.25) is 0 Å². The number of aliphatic hydroxyl groups excluding tert-OH is 1. The molecule has 4 nitrogen and oxygen atoms in total. The molecule has 1 aliphatic carbocycles. The maximum Gasteiger partial charge on any atom is 0.222 e. The molecule has 0 spiro atoms. The van der Waals surface area contributed by atoms with Crippen LogP contribution < -0.4 is 0 Å². The summed E-state index contributed by atoms with van der Waals surface area (Å²) in [5.41, 5.74) is 2.20. The van der Waals surface area contributed by atoms with Crippen molar-refractivity contribution >= 4 is 16.8 Å². The fraction of sp³-hybridized carbons (Fsp3) is 0.565. The summed E-state index contributed by atoms with van der Waals surface area (Å²) in [5.74, 6) is 1.06. The molecule has 1 aliphatic heterocycles. The van der Waals surface area contributed by atoms with Gasteiger partial charge >= 0.3 is 0 Å². The van der Waals surface area contributed by atoms with Crippen molar-refractivity contribution in [1.29, 1.82) is 0 Å². The summed E-state index contributed by atoms with van der Waals surface area (Å²) in [6.45, 7) is 1.15. The van der Waals surface area contributed by atoms with Crippen molar-refractivity contribution < 1.29 is 9.90 Å². The van der Waals surface area contributed by atoms with Crippen LogP contribution in [0, 0.1) is 11.8 Å². The summed E-state index contributed by atoms with van der Waals surface area (Å²) in [5, 5.41) is 11.7. The second-order valence-corrected chi connectivity index (χ2v) is 8.36. The zero-order valence-electron chi connectivity index (χ0n) is 16.0. The van der Waals surface area contributed by atoms with E-state index in [0.29, 0.717) is 19.5 Å². The van der Waals surface area contributed by atoms with E-state index >= 15 is 0 Å². The lowest BCUT2D eigenvalue weighted by Crippen LogP contribution is -2.30. The molecule has 4 rings (SSSR count). The summed E-state index contributed by atoms with van der Waals surface area (Å²) >= 11 is 0. The Bertz CT molecular complexity index is 780. The number of nitrogens with zero attached hydrogens (tertiary/aromatic N) is 2. The number of pyridine rings is 1. The molecule has 1 saturated carbocycles. The van der Waals surface area contributed by atoms with Gasteiger partial charge < -0.3 is 10.0 Å². The van der Waals surface area contributed by atoms with Gasteiger partial charge in [-0.1, -0.05) is 50.3 Å². The van der Waals surface area contributed by atoms with Gasteiger partial charge in [0.25, 0.3) is 0 Å². The molecule has 144 valence electrons. The average Bonchev–Trinajstić information content (AvgIpc) is 3.08. The minimum Gasteiger partial charge on any atom is -0.391 e. The van der Waals surface area contributed by atoms with Crippen LogP contribution >= 0.6 is 0 Å². The first-order chi connectivity index (χ1) is 13.2. The number of β-amino-alcohol motifs (C(OH)–C–C–N with tert-alkyl or cyclic N) is 1. The summed E-state index contributed by atoms with van der Waals surface area (Å²) in [4.78, 5) is 19.0. The lowest BCUT2D eigenvalue weighted by atomic mass is 9.86. The van der Waals surface area contributed by atoms with Gasteiger partial charge in [0.1, 0.15) is 0 Å². The standard InChI is InChI=1S/C23H30N2O2/c26-22-16-25(23(27)11-10-17-6-2-1-3-7-17)15-19(22)14-18-12-13-24-21-9-5-4-8-20(18)21/h4-5,8-9,12-13,17,19,22,26H,1-3,6-7,10-11,14-16H2. The van der Waals surface area contributed by atoms with Crippen LogP contribution in [0.3, 0.4) is 0 Å². The third kappa shape index (κ3) is 4.32. The number of para-hydroxylation sites is 1. The molecule has 2 fully saturated rings. The lowest BCUT2D eigenvalue weighted by Gasteiger charge is -2.22. The van der Waals surface area contributed by atoms with Crippen LogP contribution in [-0.2, 0) is 11.2 Å². The number of carbonyl (C=O) groups excluding carboxylic acids is 1. The molecule has 1 aromatic carbocycles. The van der Waals surface area contributed by atoms with E-state index in [-0.39, 0.29) is 11.8 Å². The Morgan fingerprint density at radius 1 is 1.11 bits per heavy atom. The number of aliphatic hydroxyl groups is 1. The molecule has 1 aromatic heterocycles. The quantitative estimate of drug-likeness (QED) is 0.871. The number of aromatic nitrogens is 1. The summed E-state index contributed by atoms with van der Waals surface area (Å²) < 4.78 is 0. The zero-order chi connectivity index (χ0) is 18.6. The molecule has 4 heteroatoms. The fourth-order valence-corrected chi connectivity index (χ4v) is 4.84. The highest BCUT2D eigenvalue weighted by Gasteiger charge is 2.34. The zero-order valence-corrected chi connectivity index (χ0v) is 16.0. The topological polar surface area (TPSA) is 53.4 Å². The number of rotatable bonds is 5. The summed E-state index contributed by atoms with van der Waals surface area (Å²) in [7, 11) is 0. The van der Waals surface area contributed by atoms with Gasteiger partial charge in [-0.3, -0.25) is 9.78 Å². The predicted molar refractivity (Wildman–Crippen MR) is 107 cm³/mol. The molecule has 1 saturated heterocycles. The molecule has 2 aliphatic rings. The number of hydrogen-bond acceptors (Lipinski definition) is 3. The predicted octanol–water partition coefficient (Wildman–Crippen LogP) is 3.96. The first-order valence-electron chi connectivity index (χ1n) is 10.5. The molecular formula is C23H30N2O2. The van der Waals surface area contributed by atoms with Crippen LogP contribution in [0.1, 0.15) is 50.5 Å². The second kappa shape index (κ2) is 8.39. The summed E-state index contributed by atoms with van der Waals surface area (Å²) in [6.07, 6.45) is 10.4. The molecule has 2 unspecified atom stereocenters. The van der Waals surface area contributed by atoms with Gasteiger partial charge in [0, 0.05) is 37.0 Å². The second-order valence-electron chi connectivity index (χ2n) is 8.36. The van der Waals surface area contributed by atoms with E-state index in [1.54, 1.807) is 0 Å². The van der Waals surface area contributed by atoms with Crippen molar-refractivity contribution in [3.63, 3.8) is 0 Å². The smallest absolute Gasteiger partial charge is 0.222 e. The first-order valence-corrected chi connectivity index (χ1v) is 10.5. The first kappa shape index (κ1) is 18.4. The van der Waals surface area contributed by atoms with Gasteiger partial charge in [-0.25, -0.2) is 0 Å². The SMILES string of the molecule is O=C(CCC1CCCCC1)N1CC(O)C(Cc2ccnc3ccccc23)C1. The fourth-order valence-electron chi connectivity index (χ4n) is 4.84. The van der Waals surface area contributed by atoms with E-state index in [9.17, 15) is 9.90 Å². The number of benzene rings is 1. The van der Waals surface area contributed by atoms with Crippen LogP contribution in [0.25, 0.3) is 10.9 Å². The lowest BCUT2D eigenvalue weighted by molar-refractivity contribution is -0.130. The highest BCUT2D eigenvalue weighted by molar-refractivity contribution is 5.82. The number of likely N-dealkylation sites (tertiary alicyclic amines) is 1. The molecule has 2 heterocycles. The normalized spacial score (nSPS) is 23.8. The van der Waals surface area contributed by atoms with Crippen LogP contribution in [0.4, 0.5) is 0 Å². The maximum absolute atomic E-state index is 12.6. The van der Waals surface area contributed by atoms with E-state index in [2.05, 4.69) is 11.1 Å². The Morgan fingerprint density at radius 3 is 2.78 bits per heavy atom. The van der Waals surface area contributed by atoms with Gasteiger partial charge in [0.2, 0.25) is 5.91 Å². The Labute approximate surface area is 161 Å². The van der Waals surface area contributed by atoms with E-state index < -0.39 is 6.10 Å². The molecule has 27 heavy (non-hydrogen) atoms. The van der Waals surface area contributed by atoms with Gasteiger partial charge in [-0.05, 0) is 36.5 Å². The number of hydrogen-bond donors (Lipinski definition) is 1. The van der Waals surface area contributed by atoms with Crippen LogP contribution in [0.5, 0.6) is 0 Å².